The van der Waals surface area contributed by atoms with E-state index in [0.29, 0.717) is 0 Å². The summed E-state index contributed by atoms with van der Waals surface area (Å²) in [5, 5.41) is 2.12. The molecule has 3 heterocycles. The van der Waals surface area contributed by atoms with Crippen molar-refractivity contribution in [2.75, 3.05) is 6.54 Å². The number of hydrogen-bond acceptors (Lipinski definition) is 3. The van der Waals surface area contributed by atoms with E-state index in [1.54, 1.807) is 11.3 Å². The second-order valence-corrected chi connectivity index (χ2v) is 7.43. The van der Waals surface area contributed by atoms with Crippen LogP contribution in [0.5, 0.6) is 0 Å². The first-order valence-corrected chi connectivity index (χ1v) is 9.55. The summed E-state index contributed by atoms with van der Waals surface area (Å²) in [6.07, 6.45) is 3.27. The molecule has 25 heavy (non-hydrogen) atoms. The van der Waals surface area contributed by atoms with E-state index in [1.807, 2.05) is 0 Å². The summed E-state index contributed by atoms with van der Waals surface area (Å²) in [4.78, 5) is 8.52. The van der Waals surface area contributed by atoms with Gasteiger partial charge in [-0.25, -0.2) is 4.98 Å². The lowest BCUT2D eigenvalue weighted by atomic mass is 9.99. The van der Waals surface area contributed by atoms with Gasteiger partial charge in [-0.1, -0.05) is 54.6 Å². The molecule has 0 N–H and O–H groups in total. The van der Waals surface area contributed by atoms with Crippen molar-refractivity contribution in [3.63, 3.8) is 0 Å². The van der Waals surface area contributed by atoms with Gasteiger partial charge in [-0.2, -0.15) is 0 Å². The van der Waals surface area contributed by atoms with Gasteiger partial charge in [0.1, 0.15) is 0 Å². The highest BCUT2D eigenvalue weighted by atomic mass is 32.1. The van der Waals surface area contributed by atoms with Gasteiger partial charge in [0.15, 0.2) is 4.96 Å². The molecule has 0 bridgehead atoms. The molecule has 0 fully saturated rings. The molecule has 0 aliphatic carbocycles. The van der Waals surface area contributed by atoms with E-state index in [9.17, 15) is 0 Å². The topological polar surface area (TPSA) is 20.5 Å². The first kappa shape index (κ1) is 14.9. The highest BCUT2D eigenvalue weighted by molar-refractivity contribution is 7.15. The highest BCUT2D eigenvalue weighted by Crippen LogP contribution is 2.29. The molecule has 0 saturated heterocycles. The molecule has 0 unspecified atom stereocenters. The lowest BCUT2D eigenvalue weighted by Crippen LogP contribution is -2.30. The Balaban J connectivity index is 1.52. The van der Waals surface area contributed by atoms with Crippen LogP contribution in [0.15, 0.2) is 66.2 Å². The van der Waals surface area contributed by atoms with Crippen LogP contribution >= 0.6 is 11.3 Å². The summed E-state index contributed by atoms with van der Waals surface area (Å²) in [7, 11) is 0. The zero-order valence-electron chi connectivity index (χ0n) is 13.9. The van der Waals surface area contributed by atoms with Gasteiger partial charge in [0.2, 0.25) is 0 Å². The second-order valence-electron chi connectivity index (χ2n) is 6.56. The molecule has 4 aromatic rings. The highest BCUT2D eigenvalue weighted by Gasteiger charge is 2.21. The lowest BCUT2D eigenvalue weighted by Gasteiger charge is -2.28. The predicted molar refractivity (Wildman–Crippen MR) is 103 cm³/mol. The first-order valence-electron chi connectivity index (χ1n) is 8.67. The molecule has 4 heteroatoms. The van der Waals surface area contributed by atoms with Crippen molar-refractivity contribution in [2.24, 2.45) is 0 Å². The zero-order valence-corrected chi connectivity index (χ0v) is 14.7. The fraction of sp³-hybridized carbons (Fsp3) is 0.190. The number of rotatable bonds is 3. The molecule has 0 saturated carbocycles. The monoisotopic (exact) mass is 345 g/mol. The van der Waals surface area contributed by atoms with Crippen LogP contribution < -0.4 is 0 Å². The van der Waals surface area contributed by atoms with Crippen molar-refractivity contribution in [1.29, 1.82) is 0 Å². The molecular formula is C21H19N3S. The quantitative estimate of drug-likeness (QED) is 0.540. The summed E-state index contributed by atoms with van der Waals surface area (Å²) < 4.78 is 2.26. The van der Waals surface area contributed by atoms with Crippen LogP contribution in [0.3, 0.4) is 0 Å². The normalized spacial score (nSPS) is 14.7. The first-order chi connectivity index (χ1) is 12.4. The number of fused-ring (bicyclic) bond motifs is 2. The van der Waals surface area contributed by atoms with Gasteiger partial charge >= 0.3 is 0 Å². The van der Waals surface area contributed by atoms with Gasteiger partial charge in [-0.15, -0.1) is 11.3 Å². The molecule has 1 aliphatic heterocycles. The molecule has 0 radical (unpaired) electrons. The molecule has 2 aromatic heterocycles. The van der Waals surface area contributed by atoms with Gasteiger partial charge in [0, 0.05) is 36.8 Å². The Hall–Kier alpha value is -2.43. The summed E-state index contributed by atoms with van der Waals surface area (Å²) in [6.45, 7) is 3.04. The van der Waals surface area contributed by atoms with Crippen LogP contribution in [0.2, 0.25) is 0 Å². The van der Waals surface area contributed by atoms with Crippen molar-refractivity contribution in [3.05, 3.63) is 83.0 Å². The van der Waals surface area contributed by atoms with Crippen LogP contribution in [-0.4, -0.2) is 20.8 Å². The Kier molecular flexibility index (Phi) is 3.65. The van der Waals surface area contributed by atoms with Crippen molar-refractivity contribution in [2.45, 2.75) is 19.5 Å². The van der Waals surface area contributed by atoms with Crippen molar-refractivity contribution < 1.29 is 0 Å². The minimum absolute atomic E-state index is 0.927. The van der Waals surface area contributed by atoms with Crippen molar-refractivity contribution >= 4 is 16.3 Å². The van der Waals surface area contributed by atoms with Crippen LogP contribution in [0.25, 0.3) is 16.2 Å². The van der Waals surface area contributed by atoms with E-state index in [2.05, 4.69) is 75.5 Å². The zero-order chi connectivity index (χ0) is 16.6. The number of hydrogen-bond donors (Lipinski definition) is 0. The molecular weight excluding hydrogens is 326 g/mol. The third-order valence-corrected chi connectivity index (χ3v) is 5.75. The summed E-state index contributed by atoms with van der Waals surface area (Å²) in [5.41, 5.74) is 6.57. The third-order valence-electron chi connectivity index (χ3n) is 4.99. The minimum atomic E-state index is 0.927. The number of imidazole rings is 1. The van der Waals surface area contributed by atoms with Gasteiger partial charge in [0.25, 0.3) is 0 Å². The summed E-state index contributed by atoms with van der Waals surface area (Å²) >= 11 is 1.70. The Morgan fingerprint density at radius 3 is 2.64 bits per heavy atom. The van der Waals surface area contributed by atoms with Gasteiger partial charge in [0.05, 0.1) is 11.4 Å². The molecule has 1 aliphatic rings. The fourth-order valence-electron chi connectivity index (χ4n) is 3.71. The van der Waals surface area contributed by atoms with Gasteiger partial charge in [-0.05, 0) is 17.5 Å². The van der Waals surface area contributed by atoms with Gasteiger partial charge in [-0.3, -0.25) is 9.30 Å². The summed E-state index contributed by atoms with van der Waals surface area (Å²) in [6, 6.07) is 19.4. The molecule has 0 amide bonds. The maximum atomic E-state index is 4.91. The molecule has 2 aromatic carbocycles. The molecule has 0 spiro atoms. The minimum Gasteiger partial charge on any atom is -0.293 e. The van der Waals surface area contributed by atoms with Crippen LogP contribution in [0, 0.1) is 0 Å². The standard InChI is InChI=1S/C21H19N3S/c1-2-7-17(8-3-1)20-19(24-12-13-25-21(24)22-20)15-23-11-10-16-6-4-5-9-18(16)14-23/h1-9,12-13H,10-11,14-15H2. The smallest absolute Gasteiger partial charge is 0.194 e. The molecule has 5 rings (SSSR count). The number of thiazole rings is 1. The number of nitrogens with zero attached hydrogens (tertiary/aromatic N) is 3. The predicted octanol–water partition coefficient (Wildman–Crippen LogP) is 4.62. The Morgan fingerprint density at radius 1 is 0.960 bits per heavy atom. The van der Waals surface area contributed by atoms with Crippen molar-refractivity contribution in [1.82, 2.24) is 14.3 Å². The van der Waals surface area contributed by atoms with E-state index in [1.165, 1.54) is 22.4 Å². The van der Waals surface area contributed by atoms with E-state index in [-0.39, 0.29) is 0 Å². The van der Waals surface area contributed by atoms with Crippen molar-refractivity contribution in [3.8, 4) is 11.3 Å². The number of aromatic nitrogens is 2. The largest absolute Gasteiger partial charge is 0.293 e. The summed E-state index contributed by atoms with van der Waals surface area (Å²) in [5.74, 6) is 0. The Bertz CT molecular complexity index is 1020. The average Bonchev–Trinajstić information content (AvgIpc) is 3.25. The molecule has 124 valence electrons. The second kappa shape index (κ2) is 6.14. The van der Waals surface area contributed by atoms with Crippen LogP contribution in [0.4, 0.5) is 0 Å². The van der Waals surface area contributed by atoms with Gasteiger partial charge < -0.3 is 0 Å². The molecule has 0 atom stereocenters. The SMILES string of the molecule is c1ccc(-c2nc3sccn3c2CN2CCc3ccccc3C2)cc1. The lowest BCUT2D eigenvalue weighted by molar-refractivity contribution is 0.242. The van der Waals surface area contributed by atoms with E-state index < -0.39 is 0 Å². The van der Waals surface area contributed by atoms with Crippen LogP contribution in [0.1, 0.15) is 16.8 Å². The maximum Gasteiger partial charge on any atom is 0.194 e. The van der Waals surface area contributed by atoms with E-state index >= 15 is 0 Å². The Labute approximate surface area is 151 Å². The average molecular weight is 345 g/mol. The van der Waals surface area contributed by atoms with E-state index in [0.717, 1.165) is 36.7 Å². The number of benzene rings is 2. The Morgan fingerprint density at radius 2 is 1.76 bits per heavy atom. The third kappa shape index (κ3) is 2.68. The fourth-order valence-corrected chi connectivity index (χ4v) is 4.44. The molecule has 3 nitrogen and oxygen atoms in total. The maximum absolute atomic E-state index is 4.91. The van der Waals surface area contributed by atoms with Crippen LogP contribution in [-0.2, 0) is 19.5 Å². The van der Waals surface area contributed by atoms with E-state index in [4.69, 9.17) is 4.98 Å².